The van der Waals surface area contributed by atoms with Crippen molar-refractivity contribution in [3.05, 3.63) is 143 Å². The SMILES string of the molecule is Clc1cc(C2N=C(c3ccc4ccccc4c3)NC(c3cccc4oc5ccccc5c34)=N2)cc2ccccc12. The molecule has 0 radical (unpaired) electrons. The normalized spacial score (nSPS) is 15.4. The average Bonchev–Trinajstić information content (AvgIpc) is 3.39. The molecule has 0 fully saturated rings. The summed E-state index contributed by atoms with van der Waals surface area (Å²) in [5.41, 5.74) is 4.57. The Morgan fingerprint density at radius 3 is 2.23 bits per heavy atom. The number of rotatable bonds is 3. The lowest BCUT2D eigenvalue weighted by atomic mass is 10.0. The van der Waals surface area contributed by atoms with Crippen molar-refractivity contribution >= 4 is 66.8 Å². The minimum atomic E-state index is -0.478. The molecule has 0 bridgehead atoms. The molecule has 1 N–H and O–H groups in total. The first-order chi connectivity index (χ1) is 19.7. The molecule has 5 heteroatoms. The maximum Gasteiger partial charge on any atom is 0.169 e. The zero-order chi connectivity index (χ0) is 26.6. The van der Waals surface area contributed by atoms with Crippen LogP contribution in [0.3, 0.4) is 0 Å². The van der Waals surface area contributed by atoms with Gasteiger partial charge in [0, 0.05) is 37.9 Å². The Hall–Kier alpha value is -4.93. The Balaban J connectivity index is 1.34. The highest BCUT2D eigenvalue weighted by atomic mass is 35.5. The second-order valence-corrected chi connectivity index (χ2v) is 10.4. The number of halogens is 1. The quantitative estimate of drug-likeness (QED) is 0.245. The van der Waals surface area contributed by atoms with E-state index in [4.69, 9.17) is 26.0 Å². The Morgan fingerprint density at radius 2 is 1.32 bits per heavy atom. The van der Waals surface area contributed by atoms with Crippen LogP contribution in [0.4, 0.5) is 0 Å². The van der Waals surface area contributed by atoms with Gasteiger partial charge in [0.2, 0.25) is 0 Å². The van der Waals surface area contributed by atoms with Crippen molar-refractivity contribution in [2.75, 3.05) is 0 Å². The number of benzene rings is 6. The van der Waals surface area contributed by atoms with Gasteiger partial charge in [-0.05, 0) is 46.5 Å². The molecule has 1 aliphatic rings. The van der Waals surface area contributed by atoms with Crippen LogP contribution in [0.2, 0.25) is 5.02 Å². The number of furan rings is 1. The van der Waals surface area contributed by atoms with Gasteiger partial charge >= 0.3 is 0 Å². The maximum absolute atomic E-state index is 6.76. The first-order valence-corrected chi connectivity index (χ1v) is 13.6. The van der Waals surface area contributed by atoms with Crippen molar-refractivity contribution in [1.29, 1.82) is 0 Å². The summed E-state index contributed by atoms with van der Waals surface area (Å²) < 4.78 is 6.19. The highest BCUT2D eigenvalue weighted by molar-refractivity contribution is 6.35. The number of nitrogens with one attached hydrogen (secondary N) is 1. The molecule has 1 aromatic heterocycles. The fourth-order valence-corrected chi connectivity index (χ4v) is 5.92. The smallest absolute Gasteiger partial charge is 0.169 e. The molecule has 1 unspecified atom stereocenters. The summed E-state index contributed by atoms with van der Waals surface area (Å²) in [4.78, 5) is 10.3. The van der Waals surface area contributed by atoms with Gasteiger partial charge in [-0.2, -0.15) is 0 Å². The van der Waals surface area contributed by atoms with Gasteiger partial charge in [-0.1, -0.05) is 103 Å². The molecule has 4 nitrogen and oxygen atoms in total. The van der Waals surface area contributed by atoms with E-state index in [2.05, 4.69) is 72.0 Å². The van der Waals surface area contributed by atoms with Crippen molar-refractivity contribution in [2.45, 2.75) is 6.17 Å². The van der Waals surface area contributed by atoms with Gasteiger partial charge in [0.1, 0.15) is 22.8 Å². The standard InChI is InChI=1S/C35H22ClN3O/c36-29-20-25(19-23-10-3-4-11-26(23)29)34-37-33(24-17-16-21-8-1-2-9-22(21)18-24)38-35(39-34)28-13-7-15-31-32(28)27-12-5-6-14-30(27)40-31/h1-20,34H,(H,37,38,39). The molecule has 2 heterocycles. The summed E-state index contributed by atoms with van der Waals surface area (Å²) in [5, 5.41) is 10.8. The van der Waals surface area contributed by atoms with Crippen LogP contribution in [0.15, 0.2) is 136 Å². The van der Waals surface area contributed by atoms with E-state index in [0.29, 0.717) is 5.02 Å². The Bertz CT molecular complexity index is 2180. The van der Waals surface area contributed by atoms with Gasteiger partial charge in [-0.3, -0.25) is 0 Å². The molecule has 0 saturated heterocycles. The van der Waals surface area contributed by atoms with Crippen molar-refractivity contribution in [3.8, 4) is 0 Å². The van der Waals surface area contributed by atoms with Crippen molar-refractivity contribution < 1.29 is 4.42 Å². The Kier molecular flexibility index (Phi) is 5.22. The van der Waals surface area contributed by atoms with Gasteiger partial charge < -0.3 is 9.73 Å². The van der Waals surface area contributed by atoms with E-state index >= 15 is 0 Å². The predicted molar refractivity (Wildman–Crippen MR) is 166 cm³/mol. The predicted octanol–water partition coefficient (Wildman–Crippen LogP) is 9.04. The van der Waals surface area contributed by atoms with Gasteiger partial charge in [0.05, 0.1) is 0 Å². The first-order valence-electron chi connectivity index (χ1n) is 13.2. The molecule has 8 rings (SSSR count). The molecule has 6 aromatic carbocycles. The number of amidine groups is 2. The number of fused-ring (bicyclic) bond motifs is 5. The van der Waals surface area contributed by atoms with Gasteiger partial charge in [-0.25, -0.2) is 9.98 Å². The van der Waals surface area contributed by atoms with Crippen molar-refractivity contribution in [2.24, 2.45) is 9.98 Å². The summed E-state index contributed by atoms with van der Waals surface area (Å²) in [6.45, 7) is 0. The van der Waals surface area contributed by atoms with E-state index in [0.717, 1.165) is 66.5 Å². The summed E-state index contributed by atoms with van der Waals surface area (Å²) in [6, 6.07) is 41.2. The number of para-hydroxylation sites is 1. The molecule has 7 aromatic rings. The molecule has 0 spiro atoms. The third-order valence-corrected chi connectivity index (χ3v) is 7.86. The highest BCUT2D eigenvalue weighted by Crippen LogP contribution is 2.35. The van der Waals surface area contributed by atoms with Crippen LogP contribution < -0.4 is 5.32 Å². The Labute approximate surface area is 235 Å². The lowest BCUT2D eigenvalue weighted by molar-refractivity contribution is 0.669. The molecule has 0 amide bonds. The largest absolute Gasteiger partial charge is 0.456 e. The lowest BCUT2D eigenvalue weighted by Crippen LogP contribution is -2.36. The molecule has 1 atom stereocenters. The zero-order valence-electron chi connectivity index (χ0n) is 21.3. The van der Waals surface area contributed by atoms with Gasteiger partial charge in [-0.15, -0.1) is 0 Å². The molecular weight excluding hydrogens is 514 g/mol. The van der Waals surface area contributed by atoms with Crippen LogP contribution in [-0.4, -0.2) is 11.7 Å². The summed E-state index contributed by atoms with van der Waals surface area (Å²) in [7, 11) is 0. The topological polar surface area (TPSA) is 49.9 Å². The third-order valence-electron chi connectivity index (χ3n) is 7.55. The summed E-state index contributed by atoms with van der Waals surface area (Å²) in [5.74, 6) is 1.50. The number of hydrogen-bond acceptors (Lipinski definition) is 4. The van der Waals surface area contributed by atoms with Gasteiger partial charge in [0.25, 0.3) is 0 Å². The van der Waals surface area contributed by atoms with Crippen LogP contribution in [0.25, 0.3) is 43.5 Å². The van der Waals surface area contributed by atoms with Gasteiger partial charge in [0.15, 0.2) is 6.17 Å². The second-order valence-electron chi connectivity index (χ2n) is 10.0. The van der Waals surface area contributed by atoms with Crippen LogP contribution in [0.1, 0.15) is 22.9 Å². The highest BCUT2D eigenvalue weighted by Gasteiger charge is 2.24. The lowest BCUT2D eigenvalue weighted by Gasteiger charge is -2.23. The zero-order valence-corrected chi connectivity index (χ0v) is 22.1. The third kappa shape index (κ3) is 3.76. The number of aliphatic imine (C=N–C) groups is 2. The van der Waals surface area contributed by atoms with Crippen molar-refractivity contribution in [3.63, 3.8) is 0 Å². The van der Waals surface area contributed by atoms with E-state index in [1.165, 1.54) is 5.39 Å². The summed E-state index contributed by atoms with van der Waals surface area (Å²) >= 11 is 6.76. The average molecular weight is 536 g/mol. The molecule has 0 saturated carbocycles. The van der Waals surface area contributed by atoms with Crippen LogP contribution in [0.5, 0.6) is 0 Å². The molecule has 40 heavy (non-hydrogen) atoms. The van der Waals surface area contributed by atoms with E-state index in [-0.39, 0.29) is 0 Å². The van der Waals surface area contributed by atoms with E-state index in [1.54, 1.807) is 0 Å². The monoisotopic (exact) mass is 535 g/mol. The van der Waals surface area contributed by atoms with E-state index < -0.39 is 6.17 Å². The Morgan fingerprint density at radius 1 is 0.600 bits per heavy atom. The van der Waals surface area contributed by atoms with E-state index in [1.807, 2.05) is 54.6 Å². The van der Waals surface area contributed by atoms with Crippen molar-refractivity contribution in [1.82, 2.24) is 5.32 Å². The fourth-order valence-electron chi connectivity index (χ4n) is 5.63. The van der Waals surface area contributed by atoms with E-state index in [9.17, 15) is 0 Å². The molecular formula is C35H22ClN3O. The summed E-state index contributed by atoms with van der Waals surface area (Å²) in [6.07, 6.45) is -0.478. The fraction of sp³-hybridized carbons (Fsp3) is 0.0286. The molecule has 1 aliphatic heterocycles. The molecule has 0 aliphatic carbocycles. The minimum absolute atomic E-state index is 0.478. The van der Waals surface area contributed by atoms with Crippen LogP contribution in [-0.2, 0) is 0 Å². The molecule has 190 valence electrons. The number of nitrogens with zero attached hydrogens (tertiary/aromatic N) is 2. The minimum Gasteiger partial charge on any atom is -0.456 e. The number of hydrogen-bond donors (Lipinski definition) is 1. The first kappa shape index (κ1) is 23.0. The van der Waals surface area contributed by atoms with Crippen LogP contribution >= 0.6 is 11.6 Å². The van der Waals surface area contributed by atoms with Crippen LogP contribution in [0, 0.1) is 0 Å². The second kappa shape index (κ2) is 9.08. The maximum atomic E-state index is 6.76.